The van der Waals surface area contributed by atoms with Crippen molar-refractivity contribution in [3.63, 3.8) is 0 Å². The van der Waals surface area contributed by atoms with Crippen molar-refractivity contribution < 1.29 is 4.74 Å². The van der Waals surface area contributed by atoms with Crippen molar-refractivity contribution in [3.05, 3.63) is 51.7 Å². The number of hydrogen-bond acceptors (Lipinski definition) is 2. The first kappa shape index (κ1) is 11.1. The molecule has 0 spiro atoms. The highest BCUT2D eigenvalue weighted by atomic mass is 35.5. The minimum Gasteiger partial charge on any atom is -0.493 e. The van der Waals surface area contributed by atoms with E-state index in [1.165, 1.54) is 16.0 Å². The number of ether oxygens (including phenoxy) is 1. The molecule has 17 heavy (non-hydrogen) atoms. The summed E-state index contributed by atoms with van der Waals surface area (Å²) in [5.74, 6) is 1.02. The van der Waals surface area contributed by atoms with Crippen LogP contribution in [0.3, 0.4) is 0 Å². The molecule has 1 aromatic carbocycles. The van der Waals surface area contributed by atoms with Crippen molar-refractivity contribution in [1.29, 1.82) is 0 Å². The fourth-order valence-electron chi connectivity index (χ4n) is 2.14. The summed E-state index contributed by atoms with van der Waals surface area (Å²) in [6.07, 6.45) is 2.19. The van der Waals surface area contributed by atoms with Gasteiger partial charge in [-0.2, -0.15) is 0 Å². The second-order valence-electron chi connectivity index (χ2n) is 4.20. The molecule has 0 fully saturated rings. The number of hydrogen-bond donors (Lipinski definition) is 0. The van der Waals surface area contributed by atoms with Gasteiger partial charge in [0.05, 0.1) is 12.0 Å². The summed E-state index contributed by atoms with van der Waals surface area (Å²) in [6, 6.07) is 10.4. The number of aryl methyl sites for hydroxylation is 1. The molecule has 0 amide bonds. The molecule has 0 N–H and O–H groups in total. The van der Waals surface area contributed by atoms with Crippen LogP contribution in [0.1, 0.15) is 27.8 Å². The molecule has 0 radical (unpaired) electrons. The third-order valence-corrected chi connectivity index (χ3v) is 4.57. The van der Waals surface area contributed by atoms with E-state index in [1.807, 2.05) is 12.1 Å². The van der Waals surface area contributed by atoms with Gasteiger partial charge in [0.25, 0.3) is 0 Å². The molecule has 0 aliphatic carbocycles. The van der Waals surface area contributed by atoms with Gasteiger partial charge in [0.2, 0.25) is 0 Å². The predicted molar refractivity (Wildman–Crippen MR) is 72.3 cm³/mol. The number of thiophene rings is 1. The molecule has 1 aromatic heterocycles. The van der Waals surface area contributed by atoms with Crippen LogP contribution in [0.2, 0.25) is 0 Å². The van der Waals surface area contributed by atoms with Crippen LogP contribution in [0, 0.1) is 0 Å². The van der Waals surface area contributed by atoms with E-state index in [9.17, 15) is 0 Å². The number of rotatable bonds is 2. The van der Waals surface area contributed by atoms with Gasteiger partial charge in [0, 0.05) is 4.88 Å². The van der Waals surface area contributed by atoms with Gasteiger partial charge in [-0.05, 0) is 41.5 Å². The summed E-state index contributed by atoms with van der Waals surface area (Å²) in [5, 5.41) is 2.02. The normalized spacial score (nSPS) is 16.1. The summed E-state index contributed by atoms with van der Waals surface area (Å²) in [4.78, 5) is 1.20. The van der Waals surface area contributed by atoms with Crippen LogP contribution in [0.4, 0.5) is 0 Å². The highest BCUT2D eigenvalue weighted by Crippen LogP contribution is 2.35. The maximum Gasteiger partial charge on any atom is 0.122 e. The van der Waals surface area contributed by atoms with Crippen LogP contribution in [0.15, 0.2) is 35.7 Å². The van der Waals surface area contributed by atoms with E-state index in [1.54, 1.807) is 11.3 Å². The van der Waals surface area contributed by atoms with Crippen LogP contribution in [0.25, 0.3) is 0 Å². The highest BCUT2D eigenvalue weighted by molar-refractivity contribution is 7.10. The van der Waals surface area contributed by atoms with Gasteiger partial charge in [-0.15, -0.1) is 22.9 Å². The molecule has 1 aliphatic heterocycles. The Morgan fingerprint density at radius 1 is 1.29 bits per heavy atom. The van der Waals surface area contributed by atoms with E-state index in [4.69, 9.17) is 16.3 Å². The van der Waals surface area contributed by atoms with Crippen molar-refractivity contribution >= 4 is 22.9 Å². The van der Waals surface area contributed by atoms with Crippen molar-refractivity contribution in [1.82, 2.24) is 0 Å². The molecule has 0 saturated heterocycles. The lowest BCUT2D eigenvalue weighted by Crippen LogP contribution is -2.08. The molecule has 1 nitrogen and oxygen atoms in total. The Hall–Kier alpha value is -0.990. The first-order valence-electron chi connectivity index (χ1n) is 5.78. The molecule has 88 valence electrons. The number of alkyl halides is 1. The SMILES string of the molecule is ClC(c1ccc2c(c1)CCCO2)c1cccs1. The van der Waals surface area contributed by atoms with E-state index < -0.39 is 0 Å². The minimum atomic E-state index is -0.0396. The molecule has 1 aliphatic rings. The Morgan fingerprint density at radius 2 is 2.24 bits per heavy atom. The van der Waals surface area contributed by atoms with E-state index in [0.717, 1.165) is 25.2 Å². The molecule has 2 heterocycles. The first-order chi connectivity index (χ1) is 8.34. The highest BCUT2D eigenvalue weighted by Gasteiger charge is 2.16. The molecule has 2 aromatic rings. The molecule has 3 rings (SSSR count). The quantitative estimate of drug-likeness (QED) is 0.731. The van der Waals surface area contributed by atoms with Crippen molar-refractivity contribution in [2.75, 3.05) is 6.61 Å². The Labute approximate surface area is 110 Å². The molecule has 0 bridgehead atoms. The summed E-state index contributed by atoms with van der Waals surface area (Å²) in [6.45, 7) is 0.835. The van der Waals surface area contributed by atoms with Crippen LogP contribution < -0.4 is 4.74 Å². The largest absolute Gasteiger partial charge is 0.493 e. The van der Waals surface area contributed by atoms with Gasteiger partial charge in [-0.3, -0.25) is 0 Å². The van der Waals surface area contributed by atoms with Gasteiger partial charge in [0.1, 0.15) is 5.75 Å². The predicted octanol–water partition coefficient (Wildman–Crippen LogP) is 4.40. The minimum absolute atomic E-state index is 0.0396. The summed E-state index contributed by atoms with van der Waals surface area (Å²) in [5.41, 5.74) is 2.45. The average Bonchev–Trinajstić information content (AvgIpc) is 2.91. The topological polar surface area (TPSA) is 9.23 Å². The number of fused-ring (bicyclic) bond motifs is 1. The van der Waals surface area contributed by atoms with E-state index in [0.29, 0.717) is 0 Å². The zero-order chi connectivity index (χ0) is 11.7. The third-order valence-electron chi connectivity index (χ3n) is 3.02. The third kappa shape index (κ3) is 2.20. The second kappa shape index (κ2) is 4.71. The smallest absolute Gasteiger partial charge is 0.122 e. The van der Waals surface area contributed by atoms with Gasteiger partial charge >= 0.3 is 0 Å². The van der Waals surface area contributed by atoms with Gasteiger partial charge in [-0.1, -0.05) is 18.2 Å². The fourth-order valence-corrected chi connectivity index (χ4v) is 3.23. The lowest BCUT2D eigenvalue weighted by Gasteiger charge is -2.19. The van der Waals surface area contributed by atoms with E-state index in [-0.39, 0.29) is 5.38 Å². The summed E-state index contributed by atoms with van der Waals surface area (Å²) >= 11 is 8.19. The van der Waals surface area contributed by atoms with Crippen LogP contribution in [-0.2, 0) is 6.42 Å². The number of benzene rings is 1. The number of halogens is 1. The molecule has 1 atom stereocenters. The fraction of sp³-hybridized carbons (Fsp3) is 0.286. The summed E-state index contributed by atoms with van der Waals surface area (Å²) < 4.78 is 5.61. The monoisotopic (exact) mass is 264 g/mol. The van der Waals surface area contributed by atoms with E-state index in [2.05, 4.69) is 23.6 Å². The molecule has 1 unspecified atom stereocenters. The Morgan fingerprint density at radius 3 is 3.06 bits per heavy atom. The van der Waals surface area contributed by atoms with Crippen LogP contribution in [0.5, 0.6) is 5.75 Å². The van der Waals surface area contributed by atoms with Crippen molar-refractivity contribution in [2.24, 2.45) is 0 Å². The molecular weight excluding hydrogens is 252 g/mol. The zero-order valence-electron chi connectivity index (χ0n) is 9.36. The van der Waals surface area contributed by atoms with Crippen LogP contribution >= 0.6 is 22.9 Å². The molecule has 0 saturated carbocycles. The summed E-state index contributed by atoms with van der Waals surface area (Å²) in [7, 11) is 0. The zero-order valence-corrected chi connectivity index (χ0v) is 10.9. The Bertz CT molecular complexity index is 507. The van der Waals surface area contributed by atoms with Gasteiger partial charge in [0.15, 0.2) is 0 Å². The van der Waals surface area contributed by atoms with Gasteiger partial charge in [-0.25, -0.2) is 0 Å². The van der Waals surface area contributed by atoms with E-state index >= 15 is 0 Å². The lowest BCUT2D eigenvalue weighted by molar-refractivity contribution is 0.288. The molecular formula is C14H13ClOS. The lowest BCUT2D eigenvalue weighted by atomic mass is 10.0. The molecule has 3 heteroatoms. The standard InChI is InChI=1S/C14H13ClOS/c15-14(13-4-2-8-17-13)11-5-6-12-10(9-11)3-1-7-16-12/h2,4-6,8-9,14H,1,3,7H2. The van der Waals surface area contributed by atoms with Crippen molar-refractivity contribution in [3.8, 4) is 5.75 Å². The first-order valence-corrected chi connectivity index (χ1v) is 7.09. The van der Waals surface area contributed by atoms with Crippen molar-refractivity contribution in [2.45, 2.75) is 18.2 Å². The average molecular weight is 265 g/mol. The second-order valence-corrected chi connectivity index (χ2v) is 5.61. The Balaban J connectivity index is 1.93. The maximum absolute atomic E-state index is 6.49. The van der Waals surface area contributed by atoms with Crippen LogP contribution in [-0.4, -0.2) is 6.61 Å². The van der Waals surface area contributed by atoms with Gasteiger partial charge < -0.3 is 4.74 Å². The Kier molecular flexibility index (Phi) is 3.08. The maximum atomic E-state index is 6.49.